The van der Waals surface area contributed by atoms with Gasteiger partial charge in [-0.25, -0.2) is 0 Å². The number of nitrogens with one attached hydrogen (secondary N) is 2. The first-order chi connectivity index (χ1) is 10.3. The predicted molar refractivity (Wildman–Crippen MR) is 85.5 cm³/mol. The molecule has 0 bridgehead atoms. The Bertz CT molecular complexity index is 613. The molecule has 2 heterocycles. The Labute approximate surface area is 125 Å². The standard InChI is InChI=1S/C17H23N3O/c1-2-20(12-13-5-4-9-18-11-13)17(21)15-6-3-7-16-14(15)8-10-19-16/h3,6-8,10,13,18-19H,2,4-5,9,11-12H2,1H3. The zero-order valence-corrected chi connectivity index (χ0v) is 12.6. The SMILES string of the molecule is CCN(CC1CCCNC1)C(=O)c1cccc2[nH]ccc12. The minimum atomic E-state index is 0.147. The summed E-state index contributed by atoms with van der Waals surface area (Å²) in [7, 11) is 0. The van der Waals surface area contributed by atoms with Crippen molar-refractivity contribution in [1.29, 1.82) is 0 Å². The highest BCUT2D eigenvalue weighted by Crippen LogP contribution is 2.20. The van der Waals surface area contributed by atoms with Crippen LogP contribution in [-0.2, 0) is 0 Å². The van der Waals surface area contributed by atoms with Gasteiger partial charge in [-0.2, -0.15) is 0 Å². The largest absolute Gasteiger partial charge is 0.361 e. The summed E-state index contributed by atoms with van der Waals surface area (Å²) in [5.41, 5.74) is 1.83. The van der Waals surface area contributed by atoms with Gasteiger partial charge in [-0.05, 0) is 57.0 Å². The van der Waals surface area contributed by atoms with E-state index >= 15 is 0 Å². The van der Waals surface area contributed by atoms with Gasteiger partial charge in [0.25, 0.3) is 5.91 Å². The first-order valence-corrected chi connectivity index (χ1v) is 7.85. The van der Waals surface area contributed by atoms with E-state index in [4.69, 9.17) is 0 Å². The van der Waals surface area contributed by atoms with Crippen LogP contribution in [-0.4, -0.2) is 42.0 Å². The molecule has 4 heteroatoms. The van der Waals surface area contributed by atoms with E-state index in [-0.39, 0.29) is 5.91 Å². The van der Waals surface area contributed by atoms with E-state index in [9.17, 15) is 4.79 Å². The molecule has 1 aromatic heterocycles. The van der Waals surface area contributed by atoms with Crippen LogP contribution >= 0.6 is 0 Å². The molecule has 0 saturated carbocycles. The fraction of sp³-hybridized carbons (Fsp3) is 0.471. The molecule has 3 rings (SSSR count). The first-order valence-electron chi connectivity index (χ1n) is 7.85. The number of aromatic amines is 1. The molecule has 1 aromatic carbocycles. The molecular formula is C17H23N3O. The number of aromatic nitrogens is 1. The highest BCUT2D eigenvalue weighted by Gasteiger charge is 2.21. The topological polar surface area (TPSA) is 48.1 Å². The van der Waals surface area contributed by atoms with Crippen LogP contribution in [0.15, 0.2) is 30.5 Å². The third-order valence-electron chi connectivity index (χ3n) is 4.37. The minimum Gasteiger partial charge on any atom is -0.361 e. The molecule has 21 heavy (non-hydrogen) atoms. The molecule has 1 atom stereocenters. The Balaban J connectivity index is 1.79. The Morgan fingerprint density at radius 1 is 1.38 bits per heavy atom. The van der Waals surface area contributed by atoms with Crippen molar-refractivity contribution in [3.63, 3.8) is 0 Å². The average molecular weight is 285 g/mol. The smallest absolute Gasteiger partial charge is 0.254 e. The number of piperidine rings is 1. The van der Waals surface area contributed by atoms with Crippen LogP contribution in [0.5, 0.6) is 0 Å². The van der Waals surface area contributed by atoms with Crippen molar-refractivity contribution in [2.24, 2.45) is 5.92 Å². The summed E-state index contributed by atoms with van der Waals surface area (Å²) in [5, 5.41) is 4.44. The fourth-order valence-electron chi connectivity index (χ4n) is 3.19. The van der Waals surface area contributed by atoms with E-state index in [0.29, 0.717) is 5.92 Å². The normalized spacial score (nSPS) is 18.8. The third kappa shape index (κ3) is 2.95. The monoisotopic (exact) mass is 285 g/mol. The number of carbonyl (C=O) groups excluding carboxylic acids is 1. The van der Waals surface area contributed by atoms with Gasteiger partial charge in [-0.1, -0.05) is 6.07 Å². The van der Waals surface area contributed by atoms with Crippen molar-refractivity contribution in [2.75, 3.05) is 26.2 Å². The number of nitrogens with zero attached hydrogens (tertiary/aromatic N) is 1. The molecule has 1 fully saturated rings. The number of fused-ring (bicyclic) bond motifs is 1. The molecule has 112 valence electrons. The van der Waals surface area contributed by atoms with Crippen LogP contribution in [0.3, 0.4) is 0 Å². The Morgan fingerprint density at radius 2 is 2.29 bits per heavy atom. The summed E-state index contributed by atoms with van der Waals surface area (Å²) in [6.45, 7) is 5.81. The predicted octanol–water partition coefficient (Wildman–Crippen LogP) is 2.63. The molecular weight excluding hydrogens is 262 g/mol. The molecule has 1 unspecified atom stereocenters. The van der Waals surface area contributed by atoms with Crippen LogP contribution in [0.4, 0.5) is 0 Å². The van der Waals surface area contributed by atoms with Crippen molar-refractivity contribution in [1.82, 2.24) is 15.2 Å². The molecule has 0 aliphatic carbocycles. The molecule has 0 spiro atoms. The molecule has 2 N–H and O–H groups in total. The van der Waals surface area contributed by atoms with Crippen molar-refractivity contribution in [3.05, 3.63) is 36.0 Å². The third-order valence-corrected chi connectivity index (χ3v) is 4.37. The Hall–Kier alpha value is -1.81. The van der Waals surface area contributed by atoms with Crippen LogP contribution in [0.2, 0.25) is 0 Å². The highest BCUT2D eigenvalue weighted by atomic mass is 16.2. The van der Waals surface area contributed by atoms with Gasteiger partial charge in [0, 0.05) is 35.8 Å². The maximum absolute atomic E-state index is 12.9. The Kier molecular flexibility index (Phi) is 4.25. The van der Waals surface area contributed by atoms with Crippen LogP contribution < -0.4 is 5.32 Å². The number of H-pyrrole nitrogens is 1. The van der Waals surface area contributed by atoms with Gasteiger partial charge in [0.2, 0.25) is 0 Å². The number of amides is 1. The second-order valence-corrected chi connectivity index (χ2v) is 5.80. The van der Waals surface area contributed by atoms with Crippen LogP contribution in [0.25, 0.3) is 10.9 Å². The van der Waals surface area contributed by atoms with Crippen LogP contribution in [0, 0.1) is 5.92 Å². The zero-order valence-electron chi connectivity index (χ0n) is 12.6. The zero-order chi connectivity index (χ0) is 14.7. The van der Waals surface area contributed by atoms with E-state index in [1.54, 1.807) is 0 Å². The summed E-state index contributed by atoms with van der Waals surface area (Å²) in [6.07, 6.45) is 4.32. The van der Waals surface area contributed by atoms with Crippen molar-refractivity contribution in [2.45, 2.75) is 19.8 Å². The number of hydrogen-bond donors (Lipinski definition) is 2. The lowest BCUT2D eigenvalue weighted by Crippen LogP contribution is -2.41. The maximum atomic E-state index is 12.9. The van der Waals surface area contributed by atoms with Crippen molar-refractivity contribution >= 4 is 16.8 Å². The minimum absolute atomic E-state index is 0.147. The second-order valence-electron chi connectivity index (χ2n) is 5.80. The molecule has 1 aliphatic heterocycles. The lowest BCUT2D eigenvalue weighted by molar-refractivity contribution is 0.0731. The highest BCUT2D eigenvalue weighted by molar-refractivity contribution is 6.06. The molecule has 0 radical (unpaired) electrons. The summed E-state index contributed by atoms with van der Waals surface area (Å²) in [6, 6.07) is 7.87. The molecule has 1 saturated heterocycles. The van der Waals surface area contributed by atoms with Gasteiger partial charge >= 0.3 is 0 Å². The molecule has 2 aromatic rings. The quantitative estimate of drug-likeness (QED) is 0.907. The molecule has 4 nitrogen and oxygen atoms in total. The van der Waals surface area contributed by atoms with E-state index in [0.717, 1.165) is 42.6 Å². The van der Waals surface area contributed by atoms with E-state index in [1.807, 2.05) is 35.4 Å². The second kappa shape index (κ2) is 6.31. The summed E-state index contributed by atoms with van der Waals surface area (Å²) >= 11 is 0. The number of carbonyl (C=O) groups is 1. The lowest BCUT2D eigenvalue weighted by atomic mass is 9.98. The number of benzene rings is 1. The van der Waals surface area contributed by atoms with E-state index in [1.165, 1.54) is 12.8 Å². The van der Waals surface area contributed by atoms with E-state index < -0.39 is 0 Å². The summed E-state index contributed by atoms with van der Waals surface area (Å²) in [4.78, 5) is 18.0. The average Bonchev–Trinajstić information content (AvgIpc) is 3.01. The number of hydrogen-bond acceptors (Lipinski definition) is 2. The van der Waals surface area contributed by atoms with Gasteiger partial charge in [-0.15, -0.1) is 0 Å². The van der Waals surface area contributed by atoms with Crippen molar-refractivity contribution in [3.8, 4) is 0 Å². The summed E-state index contributed by atoms with van der Waals surface area (Å²) in [5.74, 6) is 0.723. The summed E-state index contributed by atoms with van der Waals surface area (Å²) < 4.78 is 0. The molecule has 1 amide bonds. The van der Waals surface area contributed by atoms with Gasteiger partial charge < -0.3 is 15.2 Å². The van der Waals surface area contributed by atoms with Gasteiger partial charge in [-0.3, -0.25) is 4.79 Å². The van der Waals surface area contributed by atoms with Gasteiger partial charge in [0.15, 0.2) is 0 Å². The number of rotatable bonds is 4. The fourth-order valence-corrected chi connectivity index (χ4v) is 3.19. The van der Waals surface area contributed by atoms with Gasteiger partial charge in [0.1, 0.15) is 0 Å². The Morgan fingerprint density at radius 3 is 3.05 bits per heavy atom. The first kappa shape index (κ1) is 14.1. The van der Waals surface area contributed by atoms with E-state index in [2.05, 4.69) is 17.2 Å². The maximum Gasteiger partial charge on any atom is 0.254 e. The van der Waals surface area contributed by atoms with Gasteiger partial charge in [0.05, 0.1) is 0 Å². The molecule has 1 aliphatic rings. The van der Waals surface area contributed by atoms with Crippen molar-refractivity contribution < 1.29 is 4.79 Å². The van der Waals surface area contributed by atoms with Crippen LogP contribution in [0.1, 0.15) is 30.1 Å². The lowest BCUT2D eigenvalue weighted by Gasteiger charge is -2.29.